The molecule has 0 radical (unpaired) electrons. The molecule has 1 heterocycles. The molecule has 0 spiro atoms. The first-order valence-electron chi connectivity index (χ1n) is 4.88. The highest BCUT2D eigenvalue weighted by Gasteiger charge is 2.07. The van der Waals surface area contributed by atoms with Crippen LogP contribution in [0.15, 0.2) is 42.6 Å². The molecular formula is C12H9FN2O2. The number of benzene rings is 1. The number of hydrogen-bond acceptors (Lipinski definition) is 2. The average molecular weight is 232 g/mol. The quantitative estimate of drug-likeness (QED) is 0.836. The molecule has 17 heavy (non-hydrogen) atoms. The van der Waals surface area contributed by atoms with Crippen LogP contribution in [0.4, 0.5) is 14.9 Å². The maximum Gasteiger partial charge on any atom is 0.409 e. The summed E-state index contributed by atoms with van der Waals surface area (Å²) in [6.45, 7) is 0. The fraction of sp³-hybridized carbons (Fsp3) is 0. The smallest absolute Gasteiger partial charge is 0.409 e. The molecule has 0 saturated carbocycles. The number of nitrogens with one attached hydrogen (secondary N) is 1. The lowest BCUT2D eigenvalue weighted by Gasteiger charge is -2.05. The van der Waals surface area contributed by atoms with Crippen LogP contribution in [0.25, 0.3) is 11.3 Å². The fourth-order valence-electron chi connectivity index (χ4n) is 1.42. The van der Waals surface area contributed by atoms with Gasteiger partial charge in [-0.05, 0) is 24.3 Å². The summed E-state index contributed by atoms with van der Waals surface area (Å²) < 4.78 is 13.5. The molecule has 0 unspecified atom stereocenters. The second-order valence-corrected chi connectivity index (χ2v) is 3.34. The van der Waals surface area contributed by atoms with Gasteiger partial charge in [-0.25, -0.2) is 9.18 Å². The van der Waals surface area contributed by atoms with Crippen molar-refractivity contribution in [1.82, 2.24) is 4.98 Å². The van der Waals surface area contributed by atoms with Crippen LogP contribution in [-0.2, 0) is 0 Å². The highest BCUT2D eigenvalue weighted by atomic mass is 19.1. The number of carboxylic acid groups (broad SMARTS) is 1. The lowest BCUT2D eigenvalue weighted by molar-refractivity contribution is 0.209. The molecule has 1 aromatic carbocycles. The van der Waals surface area contributed by atoms with Crippen LogP contribution in [0.2, 0.25) is 0 Å². The first-order chi connectivity index (χ1) is 8.16. The topological polar surface area (TPSA) is 62.2 Å². The number of anilines is 1. The van der Waals surface area contributed by atoms with Crippen molar-refractivity contribution in [3.05, 3.63) is 48.4 Å². The molecule has 2 aromatic rings. The van der Waals surface area contributed by atoms with E-state index in [-0.39, 0.29) is 5.69 Å². The third kappa shape index (κ3) is 2.57. The van der Waals surface area contributed by atoms with Crippen molar-refractivity contribution in [1.29, 1.82) is 0 Å². The zero-order valence-electron chi connectivity index (χ0n) is 8.72. The number of aromatic nitrogens is 1. The third-order valence-electron chi connectivity index (χ3n) is 2.17. The Kier molecular flexibility index (Phi) is 3.00. The van der Waals surface area contributed by atoms with Gasteiger partial charge in [0, 0.05) is 11.8 Å². The monoisotopic (exact) mass is 232 g/mol. The maximum absolute atomic E-state index is 13.5. The van der Waals surface area contributed by atoms with Crippen LogP contribution < -0.4 is 5.32 Å². The molecule has 4 nitrogen and oxygen atoms in total. The van der Waals surface area contributed by atoms with Gasteiger partial charge in [-0.1, -0.05) is 12.1 Å². The fourth-order valence-corrected chi connectivity index (χ4v) is 1.42. The predicted molar refractivity (Wildman–Crippen MR) is 61.3 cm³/mol. The van der Waals surface area contributed by atoms with E-state index in [0.717, 1.165) is 0 Å². The van der Waals surface area contributed by atoms with E-state index in [1.807, 2.05) is 5.32 Å². The Labute approximate surface area is 96.7 Å². The van der Waals surface area contributed by atoms with Crippen molar-refractivity contribution in [2.75, 3.05) is 5.32 Å². The van der Waals surface area contributed by atoms with Gasteiger partial charge in [-0.3, -0.25) is 10.3 Å². The van der Waals surface area contributed by atoms with Gasteiger partial charge in [-0.2, -0.15) is 0 Å². The molecule has 86 valence electrons. The van der Waals surface area contributed by atoms with Crippen LogP contribution >= 0.6 is 0 Å². The standard InChI is InChI=1S/C12H9FN2O2/c13-9-7-8(10-3-1-2-6-14-10)4-5-11(9)15-12(16)17/h1-7,15H,(H,16,17). The molecule has 1 aromatic heterocycles. The Morgan fingerprint density at radius 1 is 1.29 bits per heavy atom. The van der Waals surface area contributed by atoms with E-state index in [9.17, 15) is 9.18 Å². The molecule has 0 saturated heterocycles. The van der Waals surface area contributed by atoms with Gasteiger partial charge in [0.25, 0.3) is 0 Å². The highest BCUT2D eigenvalue weighted by molar-refractivity contribution is 5.83. The molecule has 0 bridgehead atoms. The van der Waals surface area contributed by atoms with Gasteiger partial charge in [-0.15, -0.1) is 0 Å². The van der Waals surface area contributed by atoms with Gasteiger partial charge in [0.1, 0.15) is 5.82 Å². The van der Waals surface area contributed by atoms with E-state index in [1.54, 1.807) is 30.5 Å². The van der Waals surface area contributed by atoms with Crippen molar-refractivity contribution < 1.29 is 14.3 Å². The number of carbonyl (C=O) groups is 1. The molecule has 0 atom stereocenters. The van der Waals surface area contributed by atoms with Crippen LogP contribution in [0.3, 0.4) is 0 Å². The van der Waals surface area contributed by atoms with Crippen molar-refractivity contribution in [2.45, 2.75) is 0 Å². The molecule has 1 amide bonds. The SMILES string of the molecule is O=C(O)Nc1ccc(-c2ccccn2)cc1F. The lowest BCUT2D eigenvalue weighted by atomic mass is 10.1. The Balaban J connectivity index is 2.34. The second-order valence-electron chi connectivity index (χ2n) is 3.34. The normalized spacial score (nSPS) is 9.94. The summed E-state index contributed by atoms with van der Waals surface area (Å²) in [4.78, 5) is 14.5. The number of nitrogens with zero attached hydrogens (tertiary/aromatic N) is 1. The van der Waals surface area contributed by atoms with Crippen LogP contribution in [0.5, 0.6) is 0 Å². The summed E-state index contributed by atoms with van der Waals surface area (Å²) in [6.07, 6.45) is 0.311. The number of rotatable bonds is 2. The third-order valence-corrected chi connectivity index (χ3v) is 2.17. The van der Waals surface area contributed by atoms with Gasteiger partial charge in [0.15, 0.2) is 0 Å². The molecule has 0 aliphatic heterocycles. The van der Waals surface area contributed by atoms with E-state index in [2.05, 4.69) is 4.98 Å². The Bertz CT molecular complexity index is 543. The molecule has 0 aliphatic rings. The number of halogens is 1. The minimum Gasteiger partial charge on any atom is -0.465 e. The van der Waals surface area contributed by atoms with E-state index < -0.39 is 11.9 Å². The molecule has 0 aliphatic carbocycles. The first-order valence-corrected chi connectivity index (χ1v) is 4.88. The maximum atomic E-state index is 13.5. The Morgan fingerprint density at radius 3 is 2.71 bits per heavy atom. The molecule has 5 heteroatoms. The number of hydrogen-bond donors (Lipinski definition) is 2. The molecule has 2 N–H and O–H groups in total. The zero-order valence-corrected chi connectivity index (χ0v) is 8.72. The average Bonchev–Trinajstić information content (AvgIpc) is 2.32. The van der Waals surface area contributed by atoms with Gasteiger partial charge < -0.3 is 5.11 Å². The first kappa shape index (κ1) is 11.1. The summed E-state index contributed by atoms with van der Waals surface area (Å²) in [5.41, 5.74) is 1.16. The minimum atomic E-state index is -1.30. The van der Waals surface area contributed by atoms with E-state index in [4.69, 9.17) is 5.11 Å². The van der Waals surface area contributed by atoms with Crippen LogP contribution in [0, 0.1) is 5.82 Å². The van der Waals surface area contributed by atoms with E-state index >= 15 is 0 Å². The van der Waals surface area contributed by atoms with Gasteiger partial charge in [0.2, 0.25) is 0 Å². The van der Waals surface area contributed by atoms with Crippen molar-refractivity contribution in [3.63, 3.8) is 0 Å². The summed E-state index contributed by atoms with van der Waals surface area (Å²) in [5, 5.41) is 10.5. The summed E-state index contributed by atoms with van der Waals surface area (Å²) >= 11 is 0. The Hall–Kier alpha value is -2.43. The Morgan fingerprint density at radius 2 is 2.12 bits per heavy atom. The summed E-state index contributed by atoms with van der Waals surface area (Å²) in [7, 11) is 0. The molecule has 2 rings (SSSR count). The number of pyridine rings is 1. The van der Waals surface area contributed by atoms with Crippen LogP contribution in [0.1, 0.15) is 0 Å². The van der Waals surface area contributed by atoms with Crippen molar-refractivity contribution >= 4 is 11.8 Å². The largest absolute Gasteiger partial charge is 0.465 e. The molecule has 0 fully saturated rings. The lowest BCUT2D eigenvalue weighted by Crippen LogP contribution is -2.08. The van der Waals surface area contributed by atoms with Gasteiger partial charge in [0.05, 0.1) is 11.4 Å². The molecular weight excluding hydrogens is 223 g/mol. The predicted octanol–water partition coefficient (Wildman–Crippen LogP) is 2.98. The summed E-state index contributed by atoms with van der Waals surface area (Å²) in [6, 6.07) is 9.53. The summed E-state index contributed by atoms with van der Waals surface area (Å²) in [5.74, 6) is -0.629. The van der Waals surface area contributed by atoms with Gasteiger partial charge >= 0.3 is 6.09 Å². The van der Waals surface area contributed by atoms with E-state index in [1.165, 1.54) is 12.1 Å². The number of amides is 1. The highest BCUT2D eigenvalue weighted by Crippen LogP contribution is 2.22. The van der Waals surface area contributed by atoms with E-state index in [0.29, 0.717) is 11.3 Å². The van der Waals surface area contributed by atoms with Crippen molar-refractivity contribution in [3.8, 4) is 11.3 Å². The van der Waals surface area contributed by atoms with Crippen molar-refractivity contribution in [2.24, 2.45) is 0 Å². The zero-order chi connectivity index (χ0) is 12.3. The second kappa shape index (κ2) is 4.61. The van der Waals surface area contributed by atoms with Crippen LogP contribution in [-0.4, -0.2) is 16.2 Å². The minimum absolute atomic E-state index is 0.0721.